The van der Waals surface area contributed by atoms with Gasteiger partial charge in [0, 0.05) is 19.4 Å². The molecule has 0 aromatic carbocycles. The zero-order valence-electron chi connectivity index (χ0n) is 11.5. The summed E-state index contributed by atoms with van der Waals surface area (Å²) in [6.07, 6.45) is 6.68. The van der Waals surface area contributed by atoms with Gasteiger partial charge in [-0.15, -0.1) is 0 Å². The molecular formula is C15H24O3S. The van der Waals surface area contributed by atoms with Crippen molar-refractivity contribution in [3.05, 3.63) is 0 Å². The van der Waals surface area contributed by atoms with Crippen molar-refractivity contribution in [2.45, 2.75) is 62.6 Å². The molecule has 1 N–H and O–H groups in total. The predicted octanol–water partition coefficient (Wildman–Crippen LogP) is 2.55. The van der Waals surface area contributed by atoms with E-state index in [-0.39, 0.29) is 5.60 Å². The second-order valence-corrected chi connectivity index (χ2v) is 7.70. The summed E-state index contributed by atoms with van der Waals surface area (Å²) in [6, 6.07) is 0. The smallest absolute Gasteiger partial charge is 0.133 e. The molecule has 1 unspecified atom stereocenters. The van der Waals surface area contributed by atoms with E-state index in [0.29, 0.717) is 37.4 Å². The molecule has 3 nitrogen and oxygen atoms in total. The monoisotopic (exact) mass is 284 g/mol. The van der Waals surface area contributed by atoms with E-state index in [9.17, 15) is 9.90 Å². The van der Waals surface area contributed by atoms with Crippen LogP contribution in [0.2, 0.25) is 0 Å². The van der Waals surface area contributed by atoms with Gasteiger partial charge in [0.2, 0.25) is 0 Å². The fourth-order valence-electron chi connectivity index (χ4n) is 3.95. The molecule has 0 radical (unpaired) electrons. The van der Waals surface area contributed by atoms with Crippen molar-refractivity contribution in [2.24, 2.45) is 5.92 Å². The summed E-state index contributed by atoms with van der Waals surface area (Å²) in [6.45, 7) is 0.783. The van der Waals surface area contributed by atoms with Crippen molar-refractivity contribution < 1.29 is 14.6 Å². The molecule has 1 aliphatic carbocycles. The number of carbonyl (C=O) groups excluding carboxylic acids is 1. The zero-order valence-corrected chi connectivity index (χ0v) is 12.3. The quantitative estimate of drug-likeness (QED) is 0.804. The second kappa shape index (κ2) is 5.38. The first-order chi connectivity index (χ1) is 9.12. The molecule has 19 heavy (non-hydrogen) atoms. The lowest BCUT2D eigenvalue weighted by Crippen LogP contribution is -2.51. The number of ketones is 1. The van der Waals surface area contributed by atoms with Crippen LogP contribution in [0.15, 0.2) is 0 Å². The molecule has 1 atom stereocenters. The predicted molar refractivity (Wildman–Crippen MR) is 76.4 cm³/mol. The molecule has 3 fully saturated rings. The third kappa shape index (κ3) is 2.86. The number of carbonyl (C=O) groups is 1. The summed E-state index contributed by atoms with van der Waals surface area (Å²) in [5.74, 6) is 3.02. The SMILES string of the molecule is O=C1CCC(O)(C2CCOC3(CCSCC3)C2)CC1. The van der Waals surface area contributed by atoms with Gasteiger partial charge in [0.25, 0.3) is 0 Å². The van der Waals surface area contributed by atoms with Gasteiger partial charge < -0.3 is 9.84 Å². The first-order valence-electron chi connectivity index (χ1n) is 7.58. The normalized spacial score (nSPS) is 34.4. The molecule has 0 aromatic rings. The number of hydrogen-bond donors (Lipinski definition) is 1. The van der Waals surface area contributed by atoms with Crippen molar-refractivity contribution in [1.29, 1.82) is 0 Å². The molecule has 1 saturated carbocycles. The van der Waals surface area contributed by atoms with E-state index in [0.717, 1.165) is 32.3 Å². The first-order valence-corrected chi connectivity index (χ1v) is 8.73. The Balaban J connectivity index is 1.69. The molecule has 3 rings (SSSR count). The lowest BCUT2D eigenvalue weighted by Gasteiger charge is -2.49. The molecular weight excluding hydrogens is 260 g/mol. The van der Waals surface area contributed by atoms with Gasteiger partial charge in [-0.3, -0.25) is 4.79 Å². The molecule has 4 heteroatoms. The minimum absolute atomic E-state index is 0.0331. The van der Waals surface area contributed by atoms with E-state index >= 15 is 0 Å². The Hall–Kier alpha value is -0.0600. The molecule has 0 aromatic heterocycles. The molecule has 1 spiro atoms. The molecule has 108 valence electrons. The van der Waals surface area contributed by atoms with Gasteiger partial charge in [-0.2, -0.15) is 11.8 Å². The van der Waals surface area contributed by atoms with Crippen molar-refractivity contribution in [1.82, 2.24) is 0 Å². The number of thioether (sulfide) groups is 1. The van der Waals surface area contributed by atoms with Crippen molar-refractivity contribution in [3.63, 3.8) is 0 Å². The van der Waals surface area contributed by atoms with Gasteiger partial charge in [0.05, 0.1) is 11.2 Å². The Morgan fingerprint density at radius 2 is 1.84 bits per heavy atom. The van der Waals surface area contributed by atoms with Crippen LogP contribution in [0, 0.1) is 5.92 Å². The largest absolute Gasteiger partial charge is 0.390 e. The standard InChI is InChI=1S/C15H24O3S/c16-13-1-4-15(17,5-2-13)12-3-8-18-14(11-12)6-9-19-10-7-14/h12,17H,1-11H2. The van der Waals surface area contributed by atoms with Crippen molar-refractivity contribution >= 4 is 17.5 Å². The Bertz CT molecular complexity index is 334. The summed E-state index contributed by atoms with van der Waals surface area (Å²) in [5.41, 5.74) is -0.569. The molecule has 0 bridgehead atoms. The van der Waals surface area contributed by atoms with Crippen LogP contribution >= 0.6 is 11.8 Å². The summed E-state index contributed by atoms with van der Waals surface area (Å²) >= 11 is 2.01. The van der Waals surface area contributed by atoms with Crippen molar-refractivity contribution in [3.8, 4) is 0 Å². The highest BCUT2D eigenvalue weighted by Crippen LogP contribution is 2.46. The lowest BCUT2D eigenvalue weighted by molar-refractivity contribution is -0.158. The van der Waals surface area contributed by atoms with Crippen LogP contribution in [0.3, 0.4) is 0 Å². The first kappa shape index (κ1) is 13.9. The van der Waals surface area contributed by atoms with Crippen LogP contribution < -0.4 is 0 Å². The zero-order chi connectivity index (χ0) is 13.3. The summed E-state index contributed by atoms with van der Waals surface area (Å²) in [5, 5.41) is 10.9. The summed E-state index contributed by atoms with van der Waals surface area (Å²) in [4.78, 5) is 11.4. The molecule has 3 aliphatic rings. The number of ether oxygens (including phenoxy) is 1. The van der Waals surface area contributed by atoms with Gasteiger partial charge in [0.1, 0.15) is 5.78 Å². The van der Waals surface area contributed by atoms with E-state index in [4.69, 9.17) is 4.74 Å². The molecule has 2 saturated heterocycles. The maximum Gasteiger partial charge on any atom is 0.133 e. The summed E-state index contributed by atoms with van der Waals surface area (Å²) < 4.78 is 6.10. The molecule has 2 heterocycles. The van der Waals surface area contributed by atoms with Gasteiger partial charge >= 0.3 is 0 Å². The Morgan fingerprint density at radius 3 is 2.53 bits per heavy atom. The minimum atomic E-state index is -0.602. The Kier molecular flexibility index (Phi) is 3.93. The van der Waals surface area contributed by atoms with Gasteiger partial charge in [-0.1, -0.05) is 0 Å². The van der Waals surface area contributed by atoms with Crippen LogP contribution in [0.25, 0.3) is 0 Å². The maximum absolute atomic E-state index is 11.4. The highest BCUT2D eigenvalue weighted by atomic mass is 32.2. The van der Waals surface area contributed by atoms with Gasteiger partial charge in [-0.25, -0.2) is 0 Å². The Labute approximate surface area is 119 Å². The van der Waals surface area contributed by atoms with Crippen LogP contribution in [-0.2, 0) is 9.53 Å². The topological polar surface area (TPSA) is 46.5 Å². The third-order valence-electron chi connectivity index (χ3n) is 5.33. The van der Waals surface area contributed by atoms with Crippen LogP contribution in [0.4, 0.5) is 0 Å². The lowest BCUT2D eigenvalue weighted by atomic mass is 9.68. The Morgan fingerprint density at radius 1 is 1.16 bits per heavy atom. The van der Waals surface area contributed by atoms with Gasteiger partial charge in [0.15, 0.2) is 0 Å². The fourth-order valence-corrected chi connectivity index (χ4v) is 5.19. The van der Waals surface area contributed by atoms with E-state index in [2.05, 4.69) is 0 Å². The van der Waals surface area contributed by atoms with Crippen LogP contribution in [0.5, 0.6) is 0 Å². The number of aliphatic hydroxyl groups is 1. The van der Waals surface area contributed by atoms with Crippen molar-refractivity contribution in [2.75, 3.05) is 18.1 Å². The maximum atomic E-state index is 11.4. The highest BCUT2D eigenvalue weighted by Gasteiger charge is 2.47. The average molecular weight is 284 g/mol. The average Bonchev–Trinajstić information content (AvgIpc) is 2.43. The highest BCUT2D eigenvalue weighted by molar-refractivity contribution is 7.99. The minimum Gasteiger partial charge on any atom is -0.390 e. The third-order valence-corrected chi connectivity index (χ3v) is 6.32. The number of Topliss-reactive ketones (excluding diaryl/α,β-unsaturated/α-hetero) is 1. The number of rotatable bonds is 1. The molecule has 2 aliphatic heterocycles. The van der Waals surface area contributed by atoms with E-state index in [1.807, 2.05) is 11.8 Å². The fraction of sp³-hybridized carbons (Fsp3) is 0.933. The van der Waals surface area contributed by atoms with Crippen LogP contribution in [-0.4, -0.2) is 40.2 Å². The van der Waals surface area contributed by atoms with E-state index in [1.165, 1.54) is 11.5 Å². The van der Waals surface area contributed by atoms with E-state index in [1.54, 1.807) is 0 Å². The summed E-state index contributed by atoms with van der Waals surface area (Å²) in [7, 11) is 0. The second-order valence-electron chi connectivity index (χ2n) is 6.48. The van der Waals surface area contributed by atoms with Gasteiger partial charge in [-0.05, 0) is 55.9 Å². The molecule has 0 amide bonds. The van der Waals surface area contributed by atoms with Crippen LogP contribution in [0.1, 0.15) is 51.4 Å². The van der Waals surface area contributed by atoms with E-state index < -0.39 is 5.60 Å². The number of hydrogen-bond acceptors (Lipinski definition) is 4.